The van der Waals surface area contributed by atoms with E-state index in [4.69, 9.17) is 15.2 Å². The lowest BCUT2D eigenvalue weighted by Crippen LogP contribution is -2.46. The molecule has 0 aliphatic heterocycles. The molecule has 0 aromatic heterocycles. The summed E-state index contributed by atoms with van der Waals surface area (Å²) in [6.45, 7) is 0. The monoisotopic (exact) mass is 292 g/mol. The van der Waals surface area contributed by atoms with E-state index in [1.165, 1.54) is 6.42 Å². The van der Waals surface area contributed by atoms with Crippen molar-refractivity contribution in [1.29, 1.82) is 0 Å². The zero-order valence-corrected chi connectivity index (χ0v) is 12.7. The van der Waals surface area contributed by atoms with E-state index in [9.17, 15) is 4.79 Å². The summed E-state index contributed by atoms with van der Waals surface area (Å²) in [5.74, 6) is 1.07. The van der Waals surface area contributed by atoms with E-state index in [1.54, 1.807) is 32.4 Å². The van der Waals surface area contributed by atoms with Gasteiger partial charge in [-0.2, -0.15) is 0 Å². The number of benzene rings is 1. The summed E-state index contributed by atoms with van der Waals surface area (Å²) in [6, 6.07) is 5.23. The van der Waals surface area contributed by atoms with Gasteiger partial charge in [-0.1, -0.05) is 19.3 Å². The van der Waals surface area contributed by atoms with Gasteiger partial charge in [0.15, 0.2) is 0 Å². The van der Waals surface area contributed by atoms with Gasteiger partial charge in [0.05, 0.1) is 14.2 Å². The molecule has 1 aromatic carbocycles. The molecule has 116 valence electrons. The van der Waals surface area contributed by atoms with E-state index in [-0.39, 0.29) is 18.0 Å². The van der Waals surface area contributed by atoms with Crippen molar-refractivity contribution in [3.05, 3.63) is 23.8 Å². The van der Waals surface area contributed by atoms with E-state index in [0.29, 0.717) is 17.1 Å². The minimum absolute atomic E-state index is 0.0314. The number of hydrogen-bond donors (Lipinski definition) is 2. The highest BCUT2D eigenvalue weighted by Gasteiger charge is 2.23. The summed E-state index contributed by atoms with van der Waals surface area (Å²) in [5.41, 5.74) is 6.68. The van der Waals surface area contributed by atoms with Crippen LogP contribution in [0, 0.1) is 0 Å². The van der Waals surface area contributed by atoms with Crippen molar-refractivity contribution in [1.82, 2.24) is 5.32 Å². The number of carbonyl (C=O) groups is 1. The Labute approximate surface area is 125 Å². The predicted molar refractivity (Wildman–Crippen MR) is 81.9 cm³/mol. The SMILES string of the molecule is COc1cc(OC)cc(C(=O)NC2CCCCCC2N)c1. The van der Waals surface area contributed by atoms with Gasteiger partial charge < -0.3 is 20.5 Å². The Morgan fingerprint density at radius 1 is 1.10 bits per heavy atom. The van der Waals surface area contributed by atoms with Crippen molar-refractivity contribution in [3.8, 4) is 11.5 Å². The standard InChI is InChI=1S/C16H24N2O3/c1-20-12-8-11(9-13(10-12)21-2)16(19)18-15-7-5-3-4-6-14(15)17/h8-10,14-15H,3-7,17H2,1-2H3,(H,18,19). The number of amides is 1. The predicted octanol–water partition coefficient (Wildman–Crippen LogP) is 2.09. The third kappa shape index (κ3) is 4.11. The Bertz CT molecular complexity index is 468. The second-order valence-electron chi connectivity index (χ2n) is 5.48. The van der Waals surface area contributed by atoms with Crippen molar-refractivity contribution in [2.24, 2.45) is 5.73 Å². The zero-order chi connectivity index (χ0) is 15.2. The van der Waals surface area contributed by atoms with E-state index in [1.807, 2.05) is 0 Å². The number of carbonyl (C=O) groups excluding carboxylic acids is 1. The maximum atomic E-state index is 12.4. The van der Waals surface area contributed by atoms with Crippen LogP contribution in [0.15, 0.2) is 18.2 Å². The molecule has 5 heteroatoms. The van der Waals surface area contributed by atoms with Crippen LogP contribution in [0.2, 0.25) is 0 Å². The fourth-order valence-electron chi connectivity index (χ4n) is 2.71. The van der Waals surface area contributed by atoms with Gasteiger partial charge in [0.25, 0.3) is 5.91 Å². The van der Waals surface area contributed by atoms with Crippen LogP contribution in [-0.4, -0.2) is 32.2 Å². The van der Waals surface area contributed by atoms with Crippen molar-refractivity contribution in [2.75, 3.05) is 14.2 Å². The van der Waals surface area contributed by atoms with Gasteiger partial charge >= 0.3 is 0 Å². The topological polar surface area (TPSA) is 73.6 Å². The first-order chi connectivity index (χ1) is 10.1. The van der Waals surface area contributed by atoms with Gasteiger partial charge in [0, 0.05) is 23.7 Å². The molecule has 0 spiro atoms. The summed E-state index contributed by atoms with van der Waals surface area (Å²) >= 11 is 0. The van der Waals surface area contributed by atoms with E-state index in [2.05, 4.69) is 5.32 Å². The average molecular weight is 292 g/mol. The van der Waals surface area contributed by atoms with Crippen LogP contribution in [0.3, 0.4) is 0 Å². The molecule has 1 saturated carbocycles. The van der Waals surface area contributed by atoms with Crippen LogP contribution in [0.25, 0.3) is 0 Å². The first-order valence-corrected chi connectivity index (χ1v) is 7.43. The lowest BCUT2D eigenvalue weighted by atomic mass is 10.0. The van der Waals surface area contributed by atoms with Gasteiger partial charge in [0.2, 0.25) is 0 Å². The van der Waals surface area contributed by atoms with Crippen molar-refractivity contribution < 1.29 is 14.3 Å². The summed E-state index contributed by atoms with van der Waals surface area (Å²) in [7, 11) is 3.13. The molecule has 3 N–H and O–H groups in total. The van der Waals surface area contributed by atoms with Crippen LogP contribution in [0.5, 0.6) is 11.5 Å². The minimum atomic E-state index is -0.130. The molecule has 1 amide bonds. The van der Waals surface area contributed by atoms with Crippen LogP contribution in [0.4, 0.5) is 0 Å². The number of methoxy groups -OCH3 is 2. The number of ether oxygens (including phenoxy) is 2. The third-order valence-electron chi connectivity index (χ3n) is 4.00. The number of nitrogens with two attached hydrogens (primary N) is 1. The van der Waals surface area contributed by atoms with E-state index >= 15 is 0 Å². The fraction of sp³-hybridized carbons (Fsp3) is 0.562. The molecule has 0 saturated heterocycles. The van der Waals surface area contributed by atoms with Crippen molar-refractivity contribution in [2.45, 2.75) is 44.2 Å². The maximum absolute atomic E-state index is 12.4. The van der Waals surface area contributed by atoms with E-state index < -0.39 is 0 Å². The second kappa shape index (κ2) is 7.31. The highest BCUT2D eigenvalue weighted by Crippen LogP contribution is 2.23. The maximum Gasteiger partial charge on any atom is 0.251 e. The number of nitrogens with one attached hydrogen (secondary N) is 1. The first kappa shape index (κ1) is 15.6. The van der Waals surface area contributed by atoms with Crippen LogP contribution >= 0.6 is 0 Å². The van der Waals surface area contributed by atoms with Crippen LogP contribution in [-0.2, 0) is 0 Å². The Morgan fingerprint density at radius 2 is 1.71 bits per heavy atom. The molecule has 0 radical (unpaired) electrons. The Morgan fingerprint density at radius 3 is 2.33 bits per heavy atom. The van der Waals surface area contributed by atoms with Gasteiger partial charge in [-0.05, 0) is 25.0 Å². The number of rotatable bonds is 4. The van der Waals surface area contributed by atoms with Gasteiger partial charge in [0.1, 0.15) is 11.5 Å². The zero-order valence-electron chi connectivity index (χ0n) is 12.7. The molecule has 0 heterocycles. The molecule has 1 aliphatic carbocycles. The quantitative estimate of drug-likeness (QED) is 0.833. The summed E-state index contributed by atoms with van der Waals surface area (Å²) < 4.78 is 10.4. The second-order valence-corrected chi connectivity index (χ2v) is 5.48. The van der Waals surface area contributed by atoms with Gasteiger partial charge in [-0.3, -0.25) is 4.79 Å². The molecule has 2 atom stereocenters. The minimum Gasteiger partial charge on any atom is -0.497 e. The lowest BCUT2D eigenvalue weighted by Gasteiger charge is -2.23. The highest BCUT2D eigenvalue weighted by atomic mass is 16.5. The molecular formula is C16H24N2O3. The summed E-state index contributed by atoms with van der Waals surface area (Å²) in [4.78, 5) is 12.4. The van der Waals surface area contributed by atoms with Crippen LogP contribution in [0.1, 0.15) is 42.5 Å². The summed E-state index contributed by atoms with van der Waals surface area (Å²) in [5, 5.41) is 3.05. The Kier molecular flexibility index (Phi) is 5.44. The van der Waals surface area contributed by atoms with Crippen molar-refractivity contribution in [3.63, 3.8) is 0 Å². The Balaban J connectivity index is 2.11. The molecule has 2 unspecified atom stereocenters. The molecule has 1 fully saturated rings. The van der Waals surface area contributed by atoms with Crippen molar-refractivity contribution >= 4 is 5.91 Å². The van der Waals surface area contributed by atoms with Crippen LogP contribution < -0.4 is 20.5 Å². The molecule has 1 aliphatic rings. The Hall–Kier alpha value is -1.75. The summed E-state index contributed by atoms with van der Waals surface area (Å²) in [6.07, 6.45) is 5.34. The van der Waals surface area contributed by atoms with E-state index in [0.717, 1.165) is 25.7 Å². The fourth-order valence-corrected chi connectivity index (χ4v) is 2.71. The molecule has 1 aromatic rings. The molecule has 0 bridgehead atoms. The van der Waals surface area contributed by atoms with Gasteiger partial charge in [-0.15, -0.1) is 0 Å². The molecule has 2 rings (SSSR count). The largest absolute Gasteiger partial charge is 0.497 e. The normalized spacial score (nSPS) is 22.2. The molecule has 5 nitrogen and oxygen atoms in total. The van der Waals surface area contributed by atoms with Gasteiger partial charge in [-0.25, -0.2) is 0 Å². The first-order valence-electron chi connectivity index (χ1n) is 7.43. The third-order valence-corrected chi connectivity index (χ3v) is 4.00. The smallest absolute Gasteiger partial charge is 0.251 e. The average Bonchev–Trinajstić information content (AvgIpc) is 2.71. The molecule has 21 heavy (non-hydrogen) atoms. The highest BCUT2D eigenvalue weighted by molar-refractivity contribution is 5.95. The molecular weight excluding hydrogens is 268 g/mol. The number of hydrogen-bond acceptors (Lipinski definition) is 4. The lowest BCUT2D eigenvalue weighted by molar-refractivity contribution is 0.0928.